The predicted molar refractivity (Wildman–Crippen MR) is 72.5 cm³/mol. The largest absolute Gasteiger partial charge is 0.326 e. The Hall–Kier alpha value is -1.90. The van der Waals surface area contributed by atoms with E-state index in [4.69, 9.17) is 5.73 Å². The van der Waals surface area contributed by atoms with Gasteiger partial charge in [0, 0.05) is 31.0 Å². The van der Waals surface area contributed by atoms with Gasteiger partial charge in [-0.15, -0.1) is 0 Å². The highest BCUT2D eigenvalue weighted by Crippen LogP contribution is 2.20. The van der Waals surface area contributed by atoms with Crippen molar-refractivity contribution in [3.8, 4) is 0 Å². The number of halogens is 2. The summed E-state index contributed by atoms with van der Waals surface area (Å²) < 4.78 is 53.7. The number of benzene rings is 1. The second-order valence-electron chi connectivity index (χ2n) is 4.22. The third-order valence-corrected chi connectivity index (χ3v) is 4.28. The van der Waals surface area contributed by atoms with Crippen LogP contribution in [0.4, 0.5) is 8.78 Å². The second-order valence-corrected chi connectivity index (χ2v) is 5.96. The van der Waals surface area contributed by atoms with Crippen molar-refractivity contribution in [2.24, 2.45) is 5.73 Å². The predicted octanol–water partition coefficient (Wildman–Crippen LogP) is 1.30. The lowest BCUT2D eigenvalue weighted by Gasteiger charge is -2.10. The summed E-state index contributed by atoms with van der Waals surface area (Å²) >= 11 is 0. The van der Waals surface area contributed by atoms with E-state index in [1.807, 2.05) is 0 Å². The van der Waals surface area contributed by atoms with Gasteiger partial charge in [0.2, 0.25) is 10.0 Å². The molecule has 0 unspecified atom stereocenters. The van der Waals surface area contributed by atoms with Gasteiger partial charge in [0.05, 0.1) is 0 Å². The van der Waals surface area contributed by atoms with Gasteiger partial charge in [0.15, 0.2) is 5.82 Å². The van der Waals surface area contributed by atoms with Crippen molar-refractivity contribution in [3.63, 3.8) is 0 Å². The molecule has 3 N–H and O–H groups in total. The van der Waals surface area contributed by atoms with Gasteiger partial charge in [-0.05, 0) is 29.8 Å². The van der Waals surface area contributed by atoms with E-state index in [2.05, 4.69) is 9.71 Å². The molecule has 0 saturated carbocycles. The standard InChI is InChI=1S/C13H13F2N3O2S/c14-11-1-2-12(13(15)10(11)7-16)21(19,20)18-8-9-3-5-17-6-4-9/h1-6,18H,7-8,16H2. The fraction of sp³-hybridized carbons (Fsp3) is 0.154. The first-order valence-corrected chi connectivity index (χ1v) is 7.49. The zero-order valence-corrected chi connectivity index (χ0v) is 11.7. The molecule has 0 spiro atoms. The highest BCUT2D eigenvalue weighted by molar-refractivity contribution is 7.89. The summed E-state index contributed by atoms with van der Waals surface area (Å²) in [7, 11) is -4.11. The average Bonchev–Trinajstić information content (AvgIpc) is 2.46. The first kappa shape index (κ1) is 15.5. The number of aromatic nitrogens is 1. The van der Waals surface area contributed by atoms with Crippen molar-refractivity contribution in [1.29, 1.82) is 0 Å². The van der Waals surface area contributed by atoms with Gasteiger partial charge in [0.1, 0.15) is 10.7 Å². The lowest BCUT2D eigenvalue weighted by atomic mass is 10.2. The molecule has 21 heavy (non-hydrogen) atoms. The van der Waals surface area contributed by atoms with E-state index in [0.29, 0.717) is 5.56 Å². The zero-order chi connectivity index (χ0) is 15.5. The number of rotatable bonds is 5. The minimum atomic E-state index is -4.11. The van der Waals surface area contributed by atoms with Crippen molar-refractivity contribution >= 4 is 10.0 Å². The summed E-state index contributed by atoms with van der Waals surface area (Å²) in [6, 6.07) is 4.99. The number of hydrogen-bond acceptors (Lipinski definition) is 4. The number of nitrogens with one attached hydrogen (secondary N) is 1. The Bertz CT molecular complexity index is 737. The first-order valence-electron chi connectivity index (χ1n) is 6.01. The Balaban J connectivity index is 2.28. The van der Waals surface area contributed by atoms with Gasteiger partial charge in [-0.25, -0.2) is 21.9 Å². The van der Waals surface area contributed by atoms with Gasteiger partial charge in [-0.2, -0.15) is 0 Å². The molecule has 112 valence electrons. The lowest BCUT2D eigenvalue weighted by molar-refractivity contribution is 0.525. The topological polar surface area (TPSA) is 85.1 Å². The first-order chi connectivity index (χ1) is 9.95. The normalized spacial score (nSPS) is 11.6. The highest BCUT2D eigenvalue weighted by Gasteiger charge is 2.22. The molecule has 0 radical (unpaired) electrons. The van der Waals surface area contributed by atoms with Crippen LogP contribution in [-0.2, 0) is 23.1 Å². The Morgan fingerprint density at radius 1 is 1.14 bits per heavy atom. The number of pyridine rings is 1. The fourth-order valence-electron chi connectivity index (χ4n) is 1.73. The molecule has 1 aromatic heterocycles. The molecule has 0 aliphatic heterocycles. The SMILES string of the molecule is NCc1c(F)ccc(S(=O)(=O)NCc2ccncc2)c1F. The molecule has 0 bridgehead atoms. The Morgan fingerprint density at radius 2 is 1.81 bits per heavy atom. The van der Waals surface area contributed by atoms with E-state index < -0.39 is 38.7 Å². The number of nitrogens with two attached hydrogens (primary N) is 1. The molecule has 8 heteroatoms. The Labute approximate surface area is 120 Å². The van der Waals surface area contributed by atoms with Crippen LogP contribution in [0.15, 0.2) is 41.6 Å². The van der Waals surface area contributed by atoms with Gasteiger partial charge in [-0.1, -0.05) is 0 Å². The summed E-state index contributed by atoms with van der Waals surface area (Å²) in [5.74, 6) is -2.04. The maximum atomic E-state index is 14.0. The van der Waals surface area contributed by atoms with Crippen LogP contribution in [0.1, 0.15) is 11.1 Å². The van der Waals surface area contributed by atoms with E-state index in [-0.39, 0.29) is 6.54 Å². The number of hydrogen-bond donors (Lipinski definition) is 2. The van der Waals surface area contributed by atoms with Crippen molar-refractivity contribution in [2.45, 2.75) is 18.0 Å². The number of sulfonamides is 1. The number of nitrogens with zero attached hydrogens (tertiary/aromatic N) is 1. The smallest absolute Gasteiger partial charge is 0.243 e. The van der Waals surface area contributed by atoms with Crippen molar-refractivity contribution < 1.29 is 17.2 Å². The van der Waals surface area contributed by atoms with E-state index in [9.17, 15) is 17.2 Å². The quantitative estimate of drug-likeness (QED) is 0.871. The third kappa shape index (κ3) is 3.41. The summed E-state index contributed by atoms with van der Waals surface area (Å²) in [6.07, 6.45) is 3.02. The van der Waals surface area contributed by atoms with Crippen LogP contribution in [0.25, 0.3) is 0 Å². The molecule has 0 fully saturated rings. The monoisotopic (exact) mass is 313 g/mol. The van der Waals surface area contributed by atoms with Gasteiger partial charge < -0.3 is 5.73 Å². The minimum Gasteiger partial charge on any atom is -0.326 e. The van der Waals surface area contributed by atoms with Crippen LogP contribution in [-0.4, -0.2) is 13.4 Å². The van der Waals surface area contributed by atoms with Crippen LogP contribution < -0.4 is 10.5 Å². The summed E-state index contributed by atoms with van der Waals surface area (Å²) in [5.41, 5.74) is 5.43. The molecule has 0 aliphatic carbocycles. The molecule has 1 aromatic carbocycles. The molecular weight excluding hydrogens is 300 g/mol. The molecular formula is C13H13F2N3O2S. The van der Waals surface area contributed by atoms with E-state index in [1.165, 1.54) is 12.4 Å². The average molecular weight is 313 g/mol. The second kappa shape index (κ2) is 6.25. The fourth-order valence-corrected chi connectivity index (χ4v) is 2.85. The third-order valence-electron chi connectivity index (χ3n) is 2.86. The van der Waals surface area contributed by atoms with Crippen LogP contribution in [0.3, 0.4) is 0 Å². The summed E-state index contributed by atoms with van der Waals surface area (Å²) in [5, 5.41) is 0. The molecule has 0 saturated heterocycles. The van der Waals surface area contributed by atoms with Crippen LogP contribution in [0, 0.1) is 11.6 Å². The summed E-state index contributed by atoms with van der Waals surface area (Å²) in [6.45, 7) is -0.453. The van der Waals surface area contributed by atoms with Crippen molar-refractivity contribution in [1.82, 2.24) is 9.71 Å². The van der Waals surface area contributed by atoms with E-state index in [1.54, 1.807) is 12.1 Å². The molecule has 1 heterocycles. The van der Waals surface area contributed by atoms with Gasteiger partial charge in [-0.3, -0.25) is 4.98 Å². The lowest BCUT2D eigenvalue weighted by Crippen LogP contribution is -2.25. The Morgan fingerprint density at radius 3 is 2.43 bits per heavy atom. The molecule has 0 amide bonds. The van der Waals surface area contributed by atoms with Crippen LogP contribution in [0.2, 0.25) is 0 Å². The molecule has 2 rings (SSSR count). The summed E-state index contributed by atoms with van der Waals surface area (Å²) in [4.78, 5) is 3.18. The van der Waals surface area contributed by atoms with Crippen molar-refractivity contribution in [2.75, 3.05) is 0 Å². The zero-order valence-electron chi connectivity index (χ0n) is 10.9. The van der Waals surface area contributed by atoms with Crippen LogP contribution in [0.5, 0.6) is 0 Å². The maximum Gasteiger partial charge on any atom is 0.243 e. The van der Waals surface area contributed by atoms with Gasteiger partial charge >= 0.3 is 0 Å². The van der Waals surface area contributed by atoms with Crippen LogP contribution >= 0.6 is 0 Å². The highest BCUT2D eigenvalue weighted by atomic mass is 32.2. The van der Waals surface area contributed by atoms with E-state index in [0.717, 1.165) is 12.1 Å². The molecule has 0 aliphatic rings. The van der Waals surface area contributed by atoms with Crippen molar-refractivity contribution in [3.05, 3.63) is 59.4 Å². The molecule has 2 aromatic rings. The van der Waals surface area contributed by atoms with E-state index >= 15 is 0 Å². The van der Waals surface area contributed by atoms with Gasteiger partial charge in [0.25, 0.3) is 0 Å². The Kier molecular flexibility index (Phi) is 4.61. The minimum absolute atomic E-state index is 0.0281. The molecule has 0 atom stereocenters. The maximum absolute atomic E-state index is 14.0. The molecule has 5 nitrogen and oxygen atoms in total.